The van der Waals surface area contributed by atoms with Crippen LogP contribution in [0.3, 0.4) is 0 Å². The van der Waals surface area contributed by atoms with E-state index in [4.69, 9.17) is 9.47 Å². The zero-order valence-electron chi connectivity index (χ0n) is 20.3. The zero-order valence-corrected chi connectivity index (χ0v) is 20.3. The first-order valence-corrected chi connectivity index (χ1v) is 12.5. The average Bonchev–Trinajstić information content (AvgIpc) is 2.83. The highest BCUT2D eigenvalue weighted by Gasteiger charge is 2.20. The zero-order chi connectivity index (χ0) is 23.7. The van der Waals surface area contributed by atoms with Crippen LogP contribution in [0.25, 0.3) is 11.4 Å². The van der Waals surface area contributed by atoms with Gasteiger partial charge in [-0.15, -0.1) is 0 Å². The number of hydrogen-bond acceptors (Lipinski definition) is 5. The molecule has 2 aromatic rings. The Bertz CT molecular complexity index is 778. The summed E-state index contributed by atoms with van der Waals surface area (Å²) < 4.78 is 11.3. The van der Waals surface area contributed by atoms with Crippen LogP contribution in [0, 0.1) is 0 Å². The van der Waals surface area contributed by atoms with Gasteiger partial charge >= 0.3 is 5.97 Å². The molecule has 0 aliphatic heterocycles. The molecule has 0 spiro atoms. The van der Waals surface area contributed by atoms with Gasteiger partial charge in [0.15, 0.2) is 5.82 Å². The maximum Gasteiger partial charge on any atom is 0.311 e. The fourth-order valence-corrected chi connectivity index (χ4v) is 3.70. The highest BCUT2D eigenvalue weighted by atomic mass is 16.5. The Morgan fingerprint density at radius 3 is 2.15 bits per heavy atom. The number of aliphatic carboxylic acids is 1. The Morgan fingerprint density at radius 1 is 0.848 bits per heavy atom. The number of ether oxygens (including phenoxy) is 2. The molecule has 0 radical (unpaired) electrons. The van der Waals surface area contributed by atoms with Crippen LogP contribution in [0.4, 0.5) is 0 Å². The molecule has 1 unspecified atom stereocenters. The summed E-state index contributed by atoms with van der Waals surface area (Å²) >= 11 is 0. The fraction of sp³-hybridized carbons (Fsp3) is 0.593. The molecule has 0 bridgehead atoms. The SMILES string of the molecule is CCCCCCCCC(C(=O)O)c1cnc(-c2ccc(OCCOCCCCC)cc2)nc1. The van der Waals surface area contributed by atoms with Gasteiger partial charge < -0.3 is 14.6 Å². The van der Waals surface area contributed by atoms with E-state index in [-0.39, 0.29) is 0 Å². The van der Waals surface area contributed by atoms with Gasteiger partial charge in [0.1, 0.15) is 12.4 Å². The molecule has 0 aliphatic carbocycles. The van der Waals surface area contributed by atoms with Gasteiger partial charge in [0.2, 0.25) is 0 Å². The Morgan fingerprint density at radius 2 is 1.48 bits per heavy atom. The first-order valence-electron chi connectivity index (χ1n) is 12.5. The Hall–Kier alpha value is -2.47. The number of aromatic nitrogens is 2. The lowest BCUT2D eigenvalue weighted by atomic mass is 9.95. The summed E-state index contributed by atoms with van der Waals surface area (Å²) in [5, 5.41) is 9.65. The molecule has 0 amide bonds. The quantitative estimate of drug-likeness (QED) is 0.253. The average molecular weight is 457 g/mol. The monoisotopic (exact) mass is 456 g/mol. The first kappa shape index (κ1) is 26.8. The van der Waals surface area contributed by atoms with Gasteiger partial charge in [-0.1, -0.05) is 65.2 Å². The van der Waals surface area contributed by atoms with E-state index in [1.807, 2.05) is 24.3 Å². The minimum Gasteiger partial charge on any atom is -0.491 e. The van der Waals surface area contributed by atoms with Crippen LogP contribution in [0.15, 0.2) is 36.7 Å². The molecular formula is C27H40N2O4. The maximum absolute atomic E-state index is 11.8. The molecule has 1 N–H and O–H groups in total. The summed E-state index contributed by atoms with van der Waals surface area (Å²) in [7, 11) is 0. The second-order valence-corrected chi connectivity index (χ2v) is 8.48. The molecule has 6 nitrogen and oxygen atoms in total. The van der Waals surface area contributed by atoms with E-state index in [9.17, 15) is 9.90 Å². The highest BCUT2D eigenvalue weighted by molar-refractivity contribution is 5.75. The highest BCUT2D eigenvalue weighted by Crippen LogP contribution is 2.25. The molecule has 182 valence electrons. The second kappa shape index (κ2) is 16.2. The van der Waals surface area contributed by atoms with Crippen molar-refractivity contribution in [1.82, 2.24) is 9.97 Å². The third-order valence-corrected chi connectivity index (χ3v) is 5.72. The van der Waals surface area contributed by atoms with Crippen molar-refractivity contribution in [3.05, 3.63) is 42.2 Å². The Kier molecular flexibility index (Phi) is 13.1. The van der Waals surface area contributed by atoms with E-state index in [2.05, 4.69) is 23.8 Å². The van der Waals surface area contributed by atoms with Gasteiger partial charge in [-0.05, 0) is 37.1 Å². The fourth-order valence-electron chi connectivity index (χ4n) is 3.70. The predicted octanol–water partition coefficient (Wildman–Crippen LogP) is 6.65. The summed E-state index contributed by atoms with van der Waals surface area (Å²) in [6.07, 6.45) is 14.2. The van der Waals surface area contributed by atoms with E-state index in [1.165, 1.54) is 38.5 Å². The van der Waals surface area contributed by atoms with Crippen molar-refractivity contribution < 1.29 is 19.4 Å². The number of unbranched alkanes of at least 4 members (excludes halogenated alkanes) is 7. The third-order valence-electron chi connectivity index (χ3n) is 5.72. The number of hydrogen-bond donors (Lipinski definition) is 1. The molecular weight excluding hydrogens is 416 g/mol. The molecule has 1 heterocycles. The smallest absolute Gasteiger partial charge is 0.311 e. The van der Waals surface area contributed by atoms with Gasteiger partial charge in [-0.25, -0.2) is 9.97 Å². The number of carboxylic acid groups (broad SMARTS) is 1. The second-order valence-electron chi connectivity index (χ2n) is 8.48. The number of carboxylic acids is 1. The number of nitrogens with zero attached hydrogens (tertiary/aromatic N) is 2. The largest absolute Gasteiger partial charge is 0.491 e. The van der Waals surface area contributed by atoms with Crippen LogP contribution in [-0.4, -0.2) is 40.9 Å². The van der Waals surface area contributed by atoms with Crippen molar-refractivity contribution in [2.75, 3.05) is 19.8 Å². The maximum atomic E-state index is 11.8. The van der Waals surface area contributed by atoms with Crippen LogP contribution in [0.1, 0.15) is 89.5 Å². The van der Waals surface area contributed by atoms with Crippen molar-refractivity contribution in [3.8, 4) is 17.1 Å². The summed E-state index contributed by atoms with van der Waals surface area (Å²) in [5.74, 6) is -0.00777. The molecule has 2 rings (SSSR count). The van der Waals surface area contributed by atoms with Gasteiger partial charge in [-0.2, -0.15) is 0 Å². The van der Waals surface area contributed by atoms with E-state index in [0.717, 1.165) is 37.2 Å². The summed E-state index contributed by atoms with van der Waals surface area (Å²) in [4.78, 5) is 20.6. The molecule has 0 saturated carbocycles. The Balaban J connectivity index is 1.82. The lowest BCUT2D eigenvalue weighted by molar-refractivity contribution is -0.139. The molecule has 0 saturated heterocycles. The topological polar surface area (TPSA) is 81.5 Å². The van der Waals surface area contributed by atoms with E-state index < -0.39 is 11.9 Å². The summed E-state index contributed by atoms with van der Waals surface area (Å²) in [5.41, 5.74) is 1.53. The van der Waals surface area contributed by atoms with Crippen molar-refractivity contribution in [2.24, 2.45) is 0 Å². The van der Waals surface area contributed by atoms with Crippen LogP contribution in [0.5, 0.6) is 5.75 Å². The van der Waals surface area contributed by atoms with Crippen LogP contribution >= 0.6 is 0 Å². The molecule has 0 fully saturated rings. The number of rotatable bonds is 18. The number of benzene rings is 1. The van der Waals surface area contributed by atoms with Gasteiger partial charge in [0.05, 0.1) is 12.5 Å². The third kappa shape index (κ3) is 10.3. The summed E-state index contributed by atoms with van der Waals surface area (Å²) in [6.45, 7) is 6.26. The molecule has 1 aromatic heterocycles. The normalized spacial score (nSPS) is 11.9. The van der Waals surface area contributed by atoms with E-state index in [1.54, 1.807) is 12.4 Å². The molecule has 0 aliphatic rings. The first-order chi connectivity index (χ1) is 16.2. The standard InChI is InChI=1S/C27H40N2O4/c1-3-5-7-8-9-10-12-25(27(30)31)23-20-28-26(29-21-23)22-13-15-24(16-14-22)33-19-18-32-17-11-6-4-2/h13-16,20-21,25H,3-12,17-19H2,1-2H3,(H,30,31). The van der Waals surface area contributed by atoms with Crippen molar-refractivity contribution in [1.29, 1.82) is 0 Å². The van der Waals surface area contributed by atoms with Gasteiger partial charge in [0.25, 0.3) is 0 Å². The van der Waals surface area contributed by atoms with E-state index in [0.29, 0.717) is 31.0 Å². The van der Waals surface area contributed by atoms with Gasteiger partial charge in [-0.3, -0.25) is 4.79 Å². The van der Waals surface area contributed by atoms with Gasteiger partial charge in [0, 0.05) is 30.1 Å². The number of carbonyl (C=O) groups is 1. The lowest BCUT2D eigenvalue weighted by Gasteiger charge is -2.12. The molecule has 33 heavy (non-hydrogen) atoms. The molecule has 6 heteroatoms. The van der Waals surface area contributed by atoms with E-state index >= 15 is 0 Å². The van der Waals surface area contributed by atoms with Crippen LogP contribution in [-0.2, 0) is 9.53 Å². The minimum absolute atomic E-state index is 0.520. The van der Waals surface area contributed by atoms with Crippen molar-refractivity contribution >= 4 is 5.97 Å². The van der Waals surface area contributed by atoms with Crippen LogP contribution in [0.2, 0.25) is 0 Å². The van der Waals surface area contributed by atoms with Crippen LogP contribution < -0.4 is 4.74 Å². The van der Waals surface area contributed by atoms with Crippen molar-refractivity contribution in [2.45, 2.75) is 84.0 Å². The molecule has 1 aromatic carbocycles. The molecule has 1 atom stereocenters. The summed E-state index contributed by atoms with van der Waals surface area (Å²) in [6, 6.07) is 7.61. The lowest BCUT2D eigenvalue weighted by Crippen LogP contribution is -2.12. The minimum atomic E-state index is -0.809. The van der Waals surface area contributed by atoms with Crippen molar-refractivity contribution in [3.63, 3.8) is 0 Å². The predicted molar refractivity (Wildman–Crippen MR) is 132 cm³/mol. The Labute approximate surface area is 198 Å².